The number of hydrogen-bond donors (Lipinski definition) is 0. The SMILES string of the molecule is C=CCOC(=O)c1cc2c(F)c([C@H](F)P(=O)(OCC)OCC)ccc2s1. The lowest BCUT2D eigenvalue weighted by atomic mass is 10.1. The highest BCUT2D eigenvalue weighted by Crippen LogP contribution is 2.62. The highest BCUT2D eigenvalue weighted by atomic mass is 32.1. The van der Waals surface area contributed by atoms with Crippen molar-refractivity contribution in [3.63, 3.8) is 0 Å². The molecule has 1 aromatic heterocycles. The average molecular weight is 404 g/mol. The molecule has 0 radical (unpaired) electrons. The molecule has 2 rings (SSSR count). The lowest BCUT2D eigenvalue weighted by molar-refractivity contribution is 0.0555. The molecule has 0 amide bonds. The summed E-state index contributed by atoms with van der Waals surface area (Å²) in [5.74, 6) is -3.81. The van der Waals surface area contributed by atoms with Crippen LogP contribution < -0.4 is 0 Å². The van der Waals surface area contributed by atoms with Crippen LogP contribution in [0, 0.1) is 5.82 Å². The predicted octanol–water partition coefficient (Wildman–Crippen LogP) is 5.62. The van der Waals surface area contributed by atoms with Crippen molar-refractivity contribution in [2.45, 2.75) is 19.8 Å². The van der Waals surface area contributed by atoms with Gasteiger partial charge in [0.2, 0.25) is 5.91 Å². The summed E-state index contributed by atoms with van der Waals surface area (Å²) in [4.78, 5) is 12.1. The summed E-state index contributed by atoms with van der Waals surface area (Å²) in [6.07, 6.45) is 1.41. The van der Waals surface area contributed by atoms with Crippen LogP contribution in [-0.2, 0) is 18.3 Å². The molecule has 0 unspecified atom stereocenters. The van der Waals surface area contributed by atoms with Crippen molar-refractivity contribution >= 4 is 35.0 Å². The number of rotatable bonds is 9. The first-order valence-corrected chi connectivity index (χ1v) is 10.3. The van der Waals surface area contributed by atoms with Gasteiger partial charge in [0.1, 0.15) is 17.3 Å². The molecule has 0 saturated carbocycles. The van der Waals surface area contributed by atoms with E-state index in [-0.39, 0.29) is 30.1 Å². The van der Waals surface area contributed by atoms with Gasteiger partial charge in [-0.2, -0.15) is 0 Å². The lowest BCUT2D eigenvalue weighted by Gasteiger charge is -2.21. The highest BCUT2D eigenvalue weighted by molar-refractivity contribution is 7.54. The summed E-state index contributed by atoms with van der Waals surface area (Å²) in [6, 6.07) is 3.92. The number of ether oxygens (including phenoxy) is 1. The standard InChI is InChI=1S/C17H19F2O5PS/c1-4-9-22-17(20)14-10-12-13(26-14)8-7-11(15(12)18)16(19)25(21,23-5-2)24-6-3/h4,7-8,10,16H,1,5-6,9H2,2-3H3/t16-/m1/s1. The third-order valence-electron chi connectivity index (χ3n) is 3.35. The minimum atomic E-state index is -4.17. The first-order valence-electron chi connectivity index (χ1n) is 7.90. The van der Waals surface area contributed by atoms with Gasteiger partial charge in [0.15, 0.2) is 0 Å². The van der Waals surface area contributed by atoms with Gasteiger partial charge in [-0.15, -0.1) is 11.3 Å². The van der Waals surface area contributed by atoms with Gasteiger partial charge in [-0.05, 0) is 26.0 Å². The van der Waals surface area contributed by atoms with E-state index < -0.39 is 30.9 Å². The normalized spacial score (nSPS) is 12.9. The molecule has 2 aromatic rings. The van der Waals surface area contributed by atoms with Crippen molar-refractivity contribution in [3.8, 4) is 0 Å². The van der Waals surface area contributed by atoms with Crippen LogP contribution in [0.2, 0.25) is 0 Å². The number of carbonyl (C=O) groups is 1. The maximum Gasteiger partial charge on any atom is 0.369 e. The molecule has 1 aromatic carbocycles. The Balaban J connectivity index is 2.43. The van der Waals surface area contributed by atoms with Gasteiger partial charge in [-0.1, -0.05) is 18.7 Å². The lowest BCUT2D eigenvalue weighted by Crippen LogP contribution is -2.05. The number of halogens is 2. The number of esters is 1. The Labute approximate surface area is 154 Å². The van der Waals surface area contributed by atoms with Gasteiger partial charge in [0, 0.05) is 15.6 Å². The van der Waals surface area contributed by atoms with Crippen molar-refractivity contribution in [3.05, 3.63) is 47.1 Å². The smallest absolute Gasteiger partial charge is 0.369 e. The van der Waals surface area contributed by atoms with E-state index in [9.17, 15) is 18.1 Å². The summed E-state index contributed by atoms with van der Waals surface area (Å²) >= 11 is 1.02. The Kier molecular flexibility index (Phi) is 7.06. The first kappa shape index (κ1) is 20.7. The number of hydrogen-bond acceptors (Lipinski definition) is 6. The molecule has 9 heteroatoms. The zero-order valence-electron chi connectivity index (χ0n) is 14.4. The molecule has 0 saturated heterocycles. The van der Waals surface area contributed by atoms with E-state index in [2.05, 4.69) is 6.58 Å². The quantitative estimate of drug-likeness (QED) is 0.309. The van der Waals surface area contributed by atoms with E-state index in [4.69, 9.17) is 13.8 Å². The van der Waals surface area contributed by atoms with Crippen molar-refractivity contribution in [2.24, 2.45) is 0 Å². The molecule has 0 aliphatic heterocycles. The Morgan fingerprint density at radius 3 is 2.58 bits per heavy atom. The number of fused-ring (bicyclic) bond motifs is 1. The van der Waals surface area contributed by atoms with Gasteiger partial charge in [0.25, 0.3) is 0 Å². The summed E-state index contributed by atoms with van der Waals surface area (Å²) in [6.45, 7) is 6.46. The van der Waals surface area contributed by atoms with Crippen molar-refractivity contribution in [1.82, 2.24) is 0 Å². The molecule has 0 bridgehead atoms. The van der Waals surface area contributed by atoms with E-state index in [1.807, 2.05) is 0 Å². The monoisotopic (exact) mass is 404 g/mol. The van der Waals surface area contributed by atoms with Gasteiger partial charge < -0.3 is 13.8 Å². The second-order valence-corrected chi connectivity index (χ2v) is 8.22. The second kappa shape index (κ2) is 8.86. The molecular weight excluding hydrogens is 385 g/mol. The van der Waals surface area contributed by atoms with E-state index in [1.165, 1.54) is 38.1 Å². The van der Waals surface area contributed by atoms with Gasteiger partial charge in [0.05, 0.1) is 13.2 Å². The molecule has 0 N–H and O–H groups in total. The summed E-state index contributed by atoms with van der Waals surface area (Å²) in [5.41, 5.74) is -0.438. The predicted molar refractivity (Wildman–Crippen MR) is 97.0 cm³/mol. The number of benzene rings is 1. The molecule has 1 heterocycles. The van der Waals surface area contributed by atoms with Crippen molar-refractivity contribution in [2.75, 3.05) is 19.8 Å². The first-order chi connectivity index (χ1) is 12.4. The second-order valence-electron chi connectivity index (χ2n) is 5.09. The maximum atomic E-state index is 14.8. The van der Waals surface area contributed by atoms with Gasteiger partial charge >= 0.3 is 13.6 Å². The molecule has 0 spiro atoms. The van der Waals surface area contributed by atoms with Gasteiger partial charge in [-0.3, -0.25) is 4.57 Å². The summed E-state index contributed by atoms with van der Waals surface area (Å²) in [5, 5.41) is 0.0419. The minimum absolute atomic E-state index is 0.0270. The highest BCUT2D eigenvalue weighted by Gasteiger charge is 2.39. The van der Waals surface area contributed by atoms with Gasteiger partial charge in [-0.25, -0.2) is 13.6 Å². The van der Waals surface area contributed by atoms with Crippen LogP contribution >= 0.6 is 18.9 Å². The van der Waals surface area contributed by atoms with E-state index in [0.717, 1.165) is 11.3 Å². The number of alkyl halides is 1. The third-order valence-corrected chi connectivity index (χ3v) is 6.50. The van der Waals surface area contributed by atoms with E-state index in [1.54, 1.807) is 0 Å². The number of thiophene rings is 1. The maximum absolute atomic E-state index is 14.8. The molecule has 0 fully saturated rings. The Morgan fingerprint density at radius 2 is 2.00 bits per heavy atom. The minimum Gasteiger partial charge on any atom is -0.457 e. The van der Waals surface area contributed by atoms with Crippen LogP contribution in [0.3, 0.4) is 0 Å². The third kappa shape index (κ3) is 4.20. The zero-order valence-corrected chi connectivity index (χ0v) is 16.1. The van der Waals surface area contributed by atoms with Crippen LogP contribution in [0.5, 0.6) is 0 Å². The summed E-state index contributed by atoms with van der Waals surface area (Å²) in [7, 11) is -4.17. The summed E-state index contributed by atoms with van der Waals surface area (Å²) < 4.78 is 57.5. The molecular formula is C17H19F2O5PS. The number of carbonyl (C=O) groups excluding carboxylic acids is 1. The van der Waals surface area contributed by atoms with Crippen LogP contribution in [-0.4, -0.2) is 25.8 Å². The van der Waals surface area contributed by atoms with Crippen molar-refractivity contribution < 1.29 is 31.9 Å². The molecule has 1 atom stereocenters. The van der Waals surface area contributed by atoms with Crippen LogP contribution in [0.25, 0.3) is 10.1 Å². The molecule has 0 aliphatic carbocycles. The zero-order chi connectivity index (χ0) is 19.3. The molecule has 26 heavy (non-hydrogen) atoms. The van der Waals surface area contributed by atoms with Crippen molar-refractivity contribution in [1.29, 1.82) is 0 Å². The average Bonchev–Trinajstić information content (AvgIpc) is 3.05. The van der Waals surface area contributed by atoms with Crippen LogP contribution in [0.1, 0.15) is 35.0 Å². The van der Waals surface area contributed by atoms with Crippen LogP contribution in [0.4, 0.5) is 8.78 Å². The Hall–Kier alpha value is -1.60. The Morgan fingerprint density at radius 1 is 1.35 bits per heavy atom. The molecule has 5 nitrogen and oxygen atoms in total. The largest absolute Gasteiger partial charge is 0.457 e. The topological polar surface area (TPSA) is 61.8 Å². The fourth-order valence-corrected chi connectivity index (χ4v) is 4.83. The fourth-order valence-electron chi connectivity index (χ4n) is 2.28. The van der Waals surface area contributed by atoms with E-state index >= 15 is 0 Å². The van der Waals surface area contributed by atoms with Crippen LogP contribution in [0.15, 0.2) is 30.9 Å². The van der Waals surface area contributed by atoms with E-state index in [0.29, 0.717) is 4.70 Å². The molecule has 0 aliphatic rings. The fraction of sp³-hybridized carbons (Fsp3) is 0.353. The Bertz CT molecular complexity index is 841. The molecule has 142 valence electrons.